The Labute approximate surface area is 137 Å². The summed E-state index contributed by atoms with van der Waals surface area (Å²) in [7, 11) is -3.63. The van der Waals surface area contributed by atoms with E-state index in [0.717, 1.165) is 11.1 Å². The molecule has 4 nitrogen and oxygen atoms in total. The van der Waals surface area contributed by atoms with Crippen LogP contribution in [0, 0.1) is 0 Å². The molecule has 0 amide bonds. The van der Waals surface area contributed by atoms with E-state index in [1.54, 1.807) is 30.3 Å². The van der Waals surface area contributed by atoms with Crippen molar-refractivity contribution in [2.45, 2.75) is 18.0 Å². The minimum atomic E-state index is -3.63. The first kappa shape index (κ1) is 16.5. The molecule has 0 saturated heterocycles. The summed E-state index contributed by atoms with van der Waals surface area (Å²) in [4.78, 5) is 0.173. The second kappa shape index (κ2) is 6.89. The number of hydrogen-bond acceptors (Lipinski definition) is 3. The van der Waals surface area contributed by atoms with Gasteiger partial charge in [-0.25, -0.2) is 13.1 Å². The number of benzene rings is 2. The number of halogens is 2. The highest BCUT2D eigenvalue weighted by Gasteiger charge is 2.17. The first-order valence-corrected chi connectivity index (χ1v) is 8.81. The van der Waals surface area contributed by atoms with Crippen LogP contribution in [0.4, 0.5) is 0 Å². The summed E-state index contributed by atoms with van der Waals surface area (Å²) in [5.74, 6) is 0. The van der Waals surface area contributed by atoms with Crippen LogP contribution in [0.2, 0.25) is 5.02 Å². The standard InChI is InChI=1S/C14H14BrClN2O2S/c15-12-7-10(8-17)5-6-14(12)21(19,20)18-9-11-3-1-2-4-13(11)16/h1-7,18H,8-9,17H2. The van der Waals surface area contributed by atoms with Crippen LogP contribution in [0.15, 0.2) is 51.8 Å². The van der Waals surface area contributed by atoms with Gasteiger partial charge in [-0.15, -0.1) is 0 Å². The molecular formula is C14H14BrClN2O2S. The lowest BCUT2D eigenvalue weighted by Crippen LogP contribution is -2.23. The monoisotopic (exact) mass is 388 g/mol. The lowest BCUT2D eigenvalue weighted by atomic mass is 10.2. The van der Waals surface area contributed by atoms with Gasteiger partial charge in [-0.2, -0.15) is 0 Å². The highest BCUT2D eigenvalue weighted by Crippen LogP contribution is 2.24. The van der Waals surface area contributed by atoms with Crippen molar-refractivity contribution in [2.75, 3.05) is 0 Å². The fourth-order valence-electron chi connectivity index (χ4n) is 1.78. The topological polar surface area (TPSA) is 72.2 Å². The second-order valence-electron chi connectivity index (χ2n) is 4.38. The van der Waals surface area contributed by atoms with Crippen LogP contribution in [0.5, 0.6) is 0 Å². The molecule has 0 heterocycles. The van der Waals surface area contributed by atoms with Gasteiger partial charge in [0.05, 0.1) is 4.90 Å². The summed E-state index contributed by atoms with van der Waals surface area (Å²) < 4.78 is 27.7. The van der Waals surface area contributed by atoms with Gasteiger partial charge >= 0.3 is 0 Å². The average Bonchev–Trinajstić information content (AvgIpc) is 2.46. The Hall–Kier alpha value is -0.920. The van der Waals surface area contributed by atoms with Crippen LogP contribution in [-0.4, -0.2) is 8.42 Å². The molecule has 0 bridgehead atoms. The van der Waals surface area contributed by atoms with Crippen LogP contribution in [-0.2, 0) is 23.1 Å². The third-order valence-corrected chi connectivity index (χ3v) is 5.68. The summed E-state index contributed by atoms with van der Waals surface area (Å²) >= 11 is 9.28. The van der Waals surface area contributed by atoms with E-state index in [2.05, 4.69) is 20.7 Å². The van der Waals surface area contributed by atoms with Gasteiger partial charge < -0.3 is 5.73 Å². The lowest BCUT2D eigenvalue weighted by Gasteiger charge is -2.10. The molecule has 0 spiro atoms. The molecule has 0 aromatic heterocycles. The molecule has 0 aliphatic heterocycles. The van der Waals surface area contributed by atoms with Gasteiger partial charge in [0.25, 0.3) is 0 Å². The number of nitrogens with two attached hydrogens (primary N) is 1. The molecule has 21 heavy (non-hydrogen) atoms. The SMILES string of the molecule is NCc1ccc(S(=O)(=O)NCc2ccccc2Cl)c(Br)c1. The lowest BCUT2D eigenvalue weighted by molar-refractivity contribution is 0.581. The van der Waals surface area contributed by atoms with Crippen LogP contribution in [0.25, 0.3) is 0 Å². The van der Waals surface area contributed by atoms with E-state index in [4.69, 9.17) is 17.3 Å². The van der Waals surface area contributed by atoms with E-state index in [9.17, 15) is 8.42 Å². The van der Waals surface area contributed by atoms with E-state index >= 15 is 0 Å². The van der Waals surface area contributed by atoms with Crippen LogP contribution >= 0.6 is 27.5 Å². The second-order valence-corrected chi connectivity index (χ2v) is 7.38. The van der Waals surface area contributed by atoms with E-state index in [1.165, 1.54) is 6.07 Å². The van der Waals surface area contributed by atoms with Crippen molar-refractivity contribution in [1.82, 2.24) is 4.72 Å². The van der Waals surface area contributed by atoms with Gasteiger partial charge in [0.15, 0.2) is 0 Å². The zero-order valence-electron chi connectivity index (χ0n) is 11.0. The number of hydrogen-bond donors (Lipinski definition) is 2. The van der Waals surface area contributed by atoms with Crippen molar-refractivity contribution in [3.05, 3.63) is 63.1 Å². The van der Waals surface area contributed by atoms with E-state index in [-0.39, 0.29) is 11.4 Å². The summed E-state index contributed by atoms with van der Waals surface area (Å²) in [5.41, 5.74) is 7.10. The third kappa shape index (κ3) is 4.05. The zero-order chi connectivity index (χ0) is 15.5. The number of rotatable bonds is 5. The van der Waals surface area contributed by atoms with Crippen molar-refractivity contribution in [3.8, 4) is 0 Å². The van der Waals surface area contributed by atoms with Crippen molar-refractivity contribution in [3.63, 3.8) is 0 Å². The van der Waals surface area contributed by atoms with Crippen LogP contribution in [0.1, 0.15) is 11.1 Å². The molecule has 2 aromatic rings. The van der Waals surface area contributed by atoms with E-state index in [0.29, 0.717) is 16.0 Å². The number of nitrogens with one attached hydrogen (secondary N) is 1. The molecule has 0 saturated carbocycles. The van der Waals surface area contributed by atoms with Gasteiger partial charge in [-0.3, -0.25) is 0 Å². The van der Waals surface area contributed by atoms with Gasteiger partial charge in [0, 0.05) is 22.6 Å². The molecule has 3 N–H and O–H groups in total. The zero-order valence-corrected chi connectivity index (χ0v) is 14.2. The smallest absolute Gasteiger partial charge is 0.241 e. The molecule has 0 aliphatic rings. The Bertz CT molecular complexity index is 750. The van der Waals surface area contributed by atoms with Crippen molar-refractivity contribution < 1.29 is 8.42 Å². The Morgan fingerprint density at radius 3 is 2.52 bits per heavy atom. The van der Waals surface area contributed by atoms with Gasteiger partial charge in [0.2, 0.25) is 10.0 Å². The van der Waals surface area contributed by atoms with Gasteiger partial charge in [0.1, 0.15) is 0 Å². The Morgan fingerprint density at radius 1 is 1.19 bits per heavy atom. The molecule has 2 rings (SSSR count). The highest BCUT2D eigenvalue weighted by molar-refractivity contribution is 9.10. The average molecular weight is 390 g/mol. The largest absolute Gasteiger partial charge is 0.326 e. The first-order valence-electron chi connectivity index (χ1n) is 6.15. The minimum absolute atomic E-state index is 0.132. The molecule has 0 atom stereocenters. The maximum absolute atomic E-state index is 12.3. The summed E-state index contributed by atoms with van der Waals surface area (Å²) in [5, 5.41) is 0.526. The van der Waals surface area contributed by atoms with Crippen LogP contribution in [0.3, 0.4) is 0 Å². The summed E-state index contributed by atoms with van der Waals surface area (Å²) in [6.07, 6.45) is 0. The van der Waals surface area contributed by atoms with Crippen molar-refractivity contribution in [2.24, 2.45) is 5.73 Å². The highest BCUT2D eigenvalue weighted by atomic mass is 79.9. The van der Waals surface area contributed by atoms with Crippen molar-refractivity contribution in [1.29, 1.82) is 0 Å². The molecule has 0 aliphatic carbocycles. The Kier molecular flexibility index (Phi) is 5.40. The maximum atomic E-state index is 12.3. The summed E-state index contributed by atoms with van der Waals surface area (Å²) in [6.45, 7) is 0.485. The fraction of sp³-hybridized carbons (Fsp3) is 0.143. The molecule has 2 aromatic carbocycles. The Morgan fingerprint density at radius 2 is 1.90 bits per heavy atom. The molecule has 0 radical (unpaired) electrons. The first-order chi connectivity index (χ1) is 9.94. The predicted octanol–water partition coefficient (Wildman–Crippen LogP) is 3.04. The van der Waals surface area contributed by atoms with Gasteiger partial charge in [-0.1, -0.05) is 35.9 Å². The van der Waals surface area contributed by atoms with Gasteiger partial charge in [-0.05, 0) is 45.3 Å². The van der Waals surface area contributed by atoms with Crippen LogP contribution < -0.4 is 10.5 Å². The minimum Gasteiger partial charge on any atom is -0.326 e. The number of sulfonamides is 1. The molecule has 7 heteroatoms. The third-order valence-electron chi connectivity index (χ3n) is 2.93. The summed E-state index contributed by atoms with van der Waals surface area (Å²) in [6, 6.07) is 12.0. The van der Waals surface area contributed by atoms with Crippen molar-refractivity contribution >= 4 is 37.6 Å². The molecule has 112 valence electrons. The maximum Gasteiger partial charge on any atom is 0.241 e. The normalized spacial score (nSPS) is 11.6. The predicted molar refractivity (Wildman–Crippen MR) is 87.5 cm³/mol. The quantitative estimate of drug-likeness (QED) is 0.825. The van der Waals surface area contributed by atoms with E-state index < -0.39 is 10.0 Å². The Balaban J connectivity index is 2.21. The molecular weight excluding hydrogens is 376 g/mol. The fourth-order valence-corrected chi connectivity index (χ4v) is 4.11. The van der Waals surface area contributed by atoms with E-state index in [1.807, 2.05) is 6.07 Å². The molecule has 0 unspecified atom stereocenters. The molecule has 0 fully saturated rings.